The van der Waals surface area contributed by atoms with Crippen molar-refractivity contribution in [1.29, 1.82) is 0 Å². The molecule has 1 aromatic carbocycles. The minimum absolute atomic E-state index is 0.330. The fourth-order valence-electron chi connectivity index (χ4n) is 1.56. The second kappa shape index (κ2) is 7.44. The smallest absolute Gasteiger partial charge is 0.342 e. The van der Waals surface area contributed by atoms with Crippen LogP contribution in [-0.4, -0.2) is 35.8 Å². The first-order valence-corrected chi connectivity index (χ1v) is 6.25. The summed E-state index contributed by atoms with van der Waals surface area (Å²) < 4.78 is 5.37. The lowest BCUT2D eigenvalue weighted by Gasteiger charge is -2.09. The van der Waals surface area contributed by atoms with Crippen LogP contribution in [0.2, 0.25) is 0 Å². The number of nitro benzene ring substituents is 1. The largest absolute Gasteiger partial charge is 0.477 e. The van der Waals surface area contributed by atoms with Crippen LogP contribution in [0.5, 0.6) is 0 Å². The molecule has 0 heterocycles. The van der Waals surface area contributed by atoms with Gasteiger partial charge in [-0.2, -0.15) is 0 Å². The van der Waals surface area contributed by atoms with E-state index < -0.39 is 16.6 Å². The van der Waals surface area contributed by atoms with E-state index in [0.29, 0.717) is 31.4 Å². The van der Waals surface area contributed by atoms with Crippen molar-refractivity contribution in [2.24, 2.45) is 5.92 Å². The van der Waals surface area contributed by atoms with Crippen LogP contribution in [0.25, 0.3) is 0 Å². The summed E-state index contributed by atoms with van der Waals surface area (Å²) >= 11 is 0. The van der Waals surface area contributed by atoms with E-state index in [4.69, 9.17) is 9.84 Å². The van der Waals surface area contributed by atoms with Crippen molar-refractivity contribution in [2.75, 3.05) is 25.1 Å². The first-order valence-electron chi connectivity index (χ1n) is 6.25. The maximum atomic E-state index is 11.0. The second-order valence-corrected chi connectivity index (χ2v) is 4.69. The summed E-state index contributed by atoms with van der Waals surface area (Å²) in [7, 11) is 0. The van der Waals surface area contributed by atoms with Gasteiger partial charge >= 0.3 is 5.97 Å². The molecule has 0 radical (unpaired) electrons. The fraction of sp³-hybridized carbons (Fsp3) is 0.462. The predicted octanol–water partition coefficient (Wildman–Crippen LogP) is 2.38. The van der Waals surface area contributed by atoms with E-state index in [-0.39, 0.29) is 5.56 Å². The lowest BCUT2D eigenvalue weighted by Crippen LogP contribution is -2.12. The molecular weight excluding hydrogens is 264 g/mol. The molecule has 0 aliphatic carbocycles. The summed E-state index contributed by atoms with van der Waals surface area (Å²) in [6, 6.07) is 3.91. The number of anilines is 1. The quantitative estimate of drug-likeness (QED) is 0.431. The van der Waals surface area contributed by atoms with Crippen LogP contribution in [0.1, 0.15) is 24.2 Å². The molecule has 0 unspecified atom stereocenters. The summed E-state index contributed by atoms with van der Waals surface area (Å²) in [5, 5.41) is 22.6. The SMILES string of the molecule is CC(C)COCCNc1ccc([N+](=O)[O-])c(C(=O)O)c1. The number of nitrogens with zero attached hydrogens (tertiary/aromatic N) is 1. The number of aromatic carboxylic acids is 1. The molecular formula is C13H18N2O5. The molecule has 0 aromatic heterocycles. The molecule has 20 heavy (non-hydrogen) atoms. The lowest BCUT2D eigenvalue weighted by atomic mass is 10.1. The molecule has 0 amide bonds. The maximum absolute atomic E-state index is 11.0. The third kappa shape index (κ3) is 4.85. The Bertz CT molecular complexity index is 488. The van der Waals surface area contributed by atoms with Gasteiger partial charge in [-0.3, -0.25) is 10.1 Å². The Kier molecular flexibility index (Phi) is 5.92. The number of hydrogen-bond acceptors (Lipinski definition) is 5. The molecule has 7 heteroatoms. The highest BCUT2D eigenvalue weighted by Crippen LogP contribution is 2.22. The molecule has 1 aromatic rings. The van der Waals surface area contributed by atoms with Crippen molar-refractivity contribution in [3.05, 3.63) is 33.9 Å². The Balaban J connectivity index is 2.61. The first kappa shape index (κ1) is 15.9. The van der Waals surface area contributed by atoms with Crippen LogP contribution < -0.4 is 5.32 Å². The van der Waals surface area contributed by atoms with E-state index in [2.05, 4.69) is 5.32 Å². The number of carboxylic acid groups (broad SMARTS) is 1. The van der Waals surface area contributed by atoms with Crippen molar-refractivity contribution in [2.45, 2.75) is 13.8 Å². The van der Waals surface area contributed by atoms with Gasteiger partial charge in [0, 0.05) is 24.9 Å². The average molecular weight is 282 g/mol. The second-order valence-electron chi connectivity index (χ2n) is 4.69. The Morgan fingerprint density at radius 2 is 2.20 bits per heavy atom. The van der Waals surface area contributed by atoms with Crippen molar-refractivity contribution in [1.82, 2.24) is 0 Å². The molecule has 1 rings (SSSR count). The van der Waals surface area contributed by atoms with Crippen LogP contribution in [0.3, 0.4) is 0 Å². The van der Waals surface area contributed by atoms with Gasteiger partial charge in [0.1, 0.15) is 5.56 Å². The van der Waals surface area contributed by atoms with E-state index in [0.717, 1.165) is 0 Å². The molecule has 0 aliphatic heterocycles. The van der Waals surface area contributed by atoms with Crippen LogP contribution in [0, 0.1) is 16.0 Å². The summed E-state index contributed by atoms with van der Waals surface area (Å²) in [6.07, 6.45) is 0. The number of rotatable bonds is 8. The van der Waals surface area contributed by atoms with Gasteiger partial charge in [-0.05, 0) is 18.1 Å². The van der Waals surface area contributed by atoms with Crippen molar-refractivity contribution in [3.63, 3.8) is 0 Å². The normalized spacial score (nSPS) is 10.6. The van der Waals surface area contributed by atoms with Crippen molar-refractivity contribution < 1.29 is 19.6 Å². The molecule has 0 fully saturated rings. The molecule has 0 bridgehead atoms. The molecule has 0 saturated heterocycles. The summed E-state index contributed by atoms with van der Waals surface area (Å²) in [6.45, 7) is 5.73. The lowest BCUT2D eigenvalue weighted by molar-refractivity contribution is -0.385. The molecule has 0 saturated carbocycles. The fourth-order valence-corrected chi connectivity index (χ4v) is 1.56. The Morgan fingerprint density at radius 1 is 1.50 bits per heavy atom. The van der Waals surface area contributed by atoms with Crippen molar-refractivity contribution in [3.8, 4) is 0 Å². The van der Waals surface area contributed by atoms with E-state index in [1.807, 2.05) is 13.8 Å². The third-order valence-electron chi connectivity index (χ3n) is 2.45. The monoisotopic (exact) mass is 282 g/mol. The zero-order chi connectivity index (χ0) is 15.1. The Hall–Kier alpha value is -2.15. The minimum atomic E-state index is -1.32. The van der Waals surface area contributed by atoms with Gasteiger partial charge < -0.3 is 15.2 Å². The molecule has 7 nitrogen and oxygen atoms in total. The van der Waals surface area contributed by atoms with Gasteiger partial charge in [0.25, 0.3) is 5.69 Å². The number of nitro groups is 1. The number of nitrogens with one attached hydrogen (secondary N) is 1. The zero-order valence-electron chi connectivity index (χ0n) is 11.5. The number of carboxylic acids is 1. The predicted molar refractivity (Wildman–Crippen MR) is 74.2 cm³/mol. The molecule has 110 valence electrons. The van der Waals surface area contributed by atoms with Gasteiger partial charge in [0.15, 0.2) is 0 Å². The van der Waals surface area contributed by atoms with Crippen LogP contribution >= 0.6 is 0 Å². The highest BCUT2D eigenvalue weighted by Gasteiger charge is 2.19. The van der Waals surface area contributed by atoms with Gasteiger partial charge in [-0.1, -0.05) is 13.8 Å². The minimum Gasteiger partial charge on any atom is -0.477 e. The zero-order valence-corrected chi connectivity index (χ0v) is 11.5. The Morgan fingerprint density at radius 3 is 2.75 bits per heavy atom. The van der Waals surface area contributed by atoms with Crippen molar-refractivity contribution >= 4 is 17.3 Å². The molecule has 0 spiro atoms. The van der Waals surface area contributed by atoms with E-state index in [1.165, 1.54) is 18.2 Å². The summed E-state index contributed by atoms with van der Waals surface area (Å²) in [4.78, 5) is 21.0. The van der Waals surface area contributed by atoms with E-state index in [1.54, 1.807) is 0 Å². The number of carbonyl (C=O) groups is 1. The molecule has 2 N–H and O–H groups in total. The molecule has 0 aliphatic rings. The van der Waals surface area contributed by atoms with E-state index >= 15 is 0 Å². The third-order valence-corrected chi connectivity index (χ3v) is 2.45. The Labute approximate surface area is 116 Å². The van der Waals surface area contributed by atoms with Gasteiger partial charge in [-0.25, -0.2) is 4.79 Å². The van der Waals surface area contributed by atoms with Gasteiger partial charge in [0.05, 0.1) is 11.5 Å². The highest BCUT2D eigenvalue weighted by atomic mass is 16.6. The molecule has 0 atom stereocenters. The standard InChI is InChI=1S/C13H18N2O5/c1-9(2)8-20-6-5-14-10-3-4-12(15(18)19)11(7-10)13(16)17/h3-4,7,9,14H,5-6,8H2,1-2H3,(H,16,17). The highest BCUT2D eigenvalue weighted by molar-refractivity contribution is 5.93. The number of ether oxygens (including phenoxy) is 1. The van der Waals surface area contributed by atoms with Gasteiger partial charge in [0.2, 0.25) is 0 Å². The first-order chi connectivity index (χ1) is 9.41. The van der Waals surface area contributed by atoms with Crippen LogP contribution in [0.15, 0.2) is 18.2 Å². The van der Waals surface area contributed by atoms with Crippen LogP contribution in [-0.2, 0) is 4.74 Å². The van der Waals surface area contributed by atoms with Gasteiger partial charge in [-0.15, -0.1) is 0 Å². The number of benzene rings is 1. The average Bonchev–Trinajstić information content (AvgIpc) is 2.37. The summed E-state index contributed by atoms with van der Waals surface area (Å²) in [5.41, 5.74) is -0.233. The maximum Gasteiger partial charge on any atom is 0.342 e. The van der Waals surface area contributed by atoms with E-state index in [9.17, 15) is 14.9 Å². The summed E-state index contributed by atoms with van der Waals surface area (Å²) in [5.74, 6) is -0.871. The number of hydrogen-bond donors (Lipinski definition) is 2. The van der Waals surface area contributed by atoms with Crippen LogP contribution in [0.4, 0.5) is 11.4 Å². The topological polar surface area (TPSA) is 102 Å².